The Hall–Kier alpha value is -1.39. The molecule has 0 amide bonds. The zero-order valence-corrected chi connectivity index (χ0v) is 11.4. The van der Waals surface area contributed by atoms with Gasteiger partial charge in [0.15, 0.2) is 0 Å². The molecule has 0 bridgehead atoms. The largest absolute Gasteiger partial charge is 0.386 e. The highest BCUT2D eigenvalue weighted by atomic mass is 35.5. The van der Waals surface area contributed by atoms with Crippen LogP contribution in [0.1, 0.15) is 30.7 Å². The van der Waals surface area contributed by atoms with Crippen LogP contribution in [0.3, 0.4) is 0 Å². The molecule has 0 spiro atoms. The fourth-order valence-corrected chi connectivity index (χ4v) is 2.24. The summed E-state index contributed by atoms with van der Waals surface area (Å²) in [5.74, 6) is -0.353. The van der Waals surface area contributed by atoms with Crippen molar-refractivity contribution < 1.29 is 9.50 Å². The number of aromatic nitrogens is 2. The Morgan fingerprint density at radius 3 is 3.00 bits per heavy atom. The van der Waals surface area contributed by atoms with Gasteiger partial charge in [0, 0.05) is 18.0 Å². The van der Waals surface area contributed by atoms with Crippen molar-refractivity contribution >= 4 is 11.6 Å². The Kier molecular flexibility index (Phi) is 4.56. The molecular weight excluding hydrogens is 267 g/mol. The molecule has 0 aliphatic heterocycles. The summed E-state index contributed by atoms with van der Waals surface area (Å²) in [6.45, 7) is 2.85. The molecule has 0 radical (unpaired) electrons. The Morgan fingerprint density at radius 2 is 2.26 bits per heavy atom. The van der Waals surface area contributed by atoms with Crippen molar-refractivity contribution in [3.63, 3.8) is 0 Å². The molecule has 1 atom stereocenters. The molecule has 5 heteroatoms. The lowest BCUT2D eigenvalue weighted by Crippen LogP contribution is -2.09. The molecule has 1 aromatic carbocycles. The first-order valence-corrected chi connectivity index (χ1v) is 6.61. The smallest absolute Gasteiger partial charge is 0.123 e. The maximum atomic E-state index is 13.2. The minimum absolute atomic E-state index is 0.270. The van der Waals surface area contributed by atoms with Gasteiger partial charge in [-0.05, 0) is 30.2 Å². The maximum Gasteiger partial charge on any atom is 0.123 e. The van der Waals surface area contributed by atoms with Gasteiger partial charge < -0.3 is 9.67 Å². The number of imidazole rings is 1. The molecule has 2 rings (SSSR count). The molecule has 2 aromatic rings. The highest BCUT2D eigenvalue weighted by Crippen LogP contribution is 2.24. The SMILES string of the molecule is CCCn1cncc1C(O)Cc1cc(F)ccc1Cl. The van der Waals surface area contributed by atoms with E-state index in [9.17, 15) is 9.50 Å². The van der Waals surface area contributed by atoms with Gasteiger partial charge in [0.1, 0.15) is 5.82 Å². The highest BCUT2D eigenvalue weighted by Gasteiger charge is 2.15. The van der Waals surface area contributed by atoms with E-state index in [4.69, 9.17) is 11.6 Å². The number of halogens is 2. The Labute approximate surface area is 116 Å². The van der Waals surface area contributed by atoms with E-state index in [1.807, 2.05) is 4.57 Å². The molecule has 102 valence electrons. The van der Waals surface area contributed by atoms with E-state index in [0.29, 0.717) is 10.6 Å². The predicted molar refractivity (Wildman–Crippen MR) is 72.6 cm³/mol. The third kappa shape index (κ3) is 3.33. The minimum atomic E-state index is -0.742. The van der Waals surface area contributed by atoms with E-state index in [2.05, 4.69) is 11.9 Å². The molecule has 1 N–H and O–H groups in total. The monoisotopic (exact) mass is 282 g/mol. The lowest BCUT2D eigenvalue weighted by molar-refractivity contribution is 0.168. The van der Waals surface area contributed by atoms with Crippen LogP contribution in [-0.4, -0.2) is 14.7 Å². The summed E-state index contributed by atoms with van der Waals surface area (Å²) in [6, 6.07) is 4.16. The van der Waals surface area contributed by atoms with Crippen LogP contribution < -0.4 is 0 Å². The molecule has 3 nitrogen and oxygen atoms in total. The predicted octanol–water partition coefficient (Wildman–Crippen LogP) is 3.36. The topological polar surface area (TPSA) is 38.0 Å². The lowest BCUT2D eigenvalue weighted by Gasteiger charge is -2.14. The quantitative estimate of drug-likeness (QED) is 0.913. The van der Waals surface area contributed by atoms with E-state index >= 15 is 0 Å². The van der Waals surface area contributed by atoms with Gasteiger partial charge in [-0.1, -0.05) is 18.5 Å². The van der Waals surface area contributed by atoms with Gasteiger partial charge in [0.2, 0.25) is 0 Å². The third-order valence-corrected chi connectivity index (χ3v) is 3.34. The van der Waals surface area contributed by atoms with Gasteiger partial charge >= 0.3 is 0 Å². The van der Waals surface area contributed by atoms with Crippen molar-refractivity contribution in [2.75, 3.05) is 0 Å². The first-order chi connectivity index (χ1) is 9.11. The van der Waals surface area contributed by atoms with Crippen molar-refractivity contribution in [2.24, 2.45) is 0 Å². The molecule has 0 aliphatic rings. The minimum Gasteiger partial charge on any atom is -0.386 e. The molecule has 1 unspecified atom stereocenters. The van der Waals surface area contributed by atoms with E-state index < -0.39 is 6.10 Å². The van der Waals surface area contributed by atoms with Gasteiger partial charge in [-0.3, -0.25) is 0 Å². The van der Waals surface area contributed by atoms with E-state index in [1.54, 1.807) is 12.5 Å². The fourth-order valence-electron chi connectivity index (χ4n) is 2.05. The Morgan fingerprint density at radius 1 is 1.47 bits per heavy atom. The number of nitrogens with zero attached hydrogens (tertiary/aromatic N) is 2. The molecule has 1 heterocycles. The summed E-state index contributed by atoms with van der Waals surface area (Å²) in [6.07, 6.45) is 3.80. The van der Waals surface area contributed by atoms with Crippen LogP contribution in [0.15, 0.2) is 30.7 Å². The number of rotatable bonds is 5. The molecule has 0 saturated heterocycles. The molecule has 0 saturated carbocycles. The van der Waals surface area contributed by atoms with Crippen molar-refractivity contribution in [1.82, 2.24) is 9.55 Å². The van der Waals surface area contributed by atoms with Gasteiger partial charge in [0.25, 0.3) is 0 Å². The molecule has 0 aliphatic carbocycles. The summed E-state index contributed by atoms with van der Waals surface area (Å²) in [7, 11) is 0. The van der Waals surface area contributed by atoms with Gasteiger partial charge in [-0.2, -0.15) is 0 Å². The highest BCUT2D eigenvalue weighted by molar-refractivity contribution is 6.31. The fraction of sp³-hybridized carbons (Fsp3) is 0.357. The van der Waals surface area contributed by atoms with E-state index in [1.165, 1.54) is 18.2 Å². The summed E-state index contributed by atoms with van der Waals surface area (Å²) < 4.78 is 15.1. The number of aliphatic hydroxyl groups is 1. The van der Waals surface area contributed by atoms with Crippen molar-refractivity contribution in [1.29, 1.82) is 0 Å². The van der Waals surface area contributed by atoms with Crippen LogP contribution in [0.2, 0.25) is 5.02 Å². The number of aryl methyl sites for hydroxylation is 1. The van der Waals surface area contributed by atoms with Crippen molar-refractivity contribution in [3.8, 4) is 0 Å². The number of hydrogen-bond acceptors (Lipinski definition) is 2. The van der Waals surface area contributed by atoms with Crippen LogP contribution in [0.25, 0.3) is 0 Å². The molecular formula is C14H16ClFN2O. The maximum absolute atomic E-state index is 13.2. The van der Waals surface area contributed by atoms with Crippen LogP contribution in [0, 0.1) is 5.82 Å². The van der Waals surface area contributed by atoms with E-state index in [-0.39, 0.29) is 12.2 Å². The third-order valence-electron chi connectivity index (χ3n) is 2.97. The summed E-state index contributed by atoms with van der Waals surface area (Å²) in [5.41, 5.74) is 1.32. The average molecular weight is 283 g/mol. The molecule has 19 heavy (non-hydrogen) atoms. The van der Waals surface area contributed by atoms with Gasteiger partial charge in [-0.25, -0.2) is 9.37 Å². The first-order valence-electron chi connectivity index (χ1n) is 6.23. The standard InChI is InChI=1S/C14H16ClFN2O/c1-2-5-18-9-17-8-13(18)14(19)7-10-6-11(16)3-4-12(10)15/h3-4,6,8-9,14,19H,2,5,7H2,1H3. The van der Waals surface area contributed by atoms with Crippen molar-refractivity contribution in [2.45, 2.75) is 32.4 Å². The van der Waals surface area contributed by atoms with Crippen LogP contribution in [0.4, 0.5) is 4.39 Å². The first kappa shape index (κ1) is 14.0. The van der Waals surface area contributed by atoms with Crippen LogP contribution in [0.5, 0.6) is 0 Å². The Balaban J connectivity index is 2.18. The zero-order valence-electron chi connectivity index (χ0n) is 10.7. The zero-order chi connectivity index (χ0) is 13.8. The molecule has 1 aromatic heterocycles. The number of aliphatic hydroxyl groups excluding tert-OH is 1. The van der Waals surface area contributed by atoms with E-state index in [0.717, 1.165) is 18.7 Å². The second-order valence-corrected chi connectivity index (χ2v) is 4.87. The van der Waals surface area contributed by atoms with Gasteiger partial charge in [0.05, 0.1) is 24.3 Å². The summed E-state index contributed by atoms with van der Waals surface area (Å²) in [5, 5.41) is 10.7. The lowest BCUT2D eigenvalue weighted by atomic mass is 10.1. The normalized spacial score (nSPS) is 12.6. The Bertz CT molecular complexity index is 556. The van der Waals surface area contributed by atoms with Crippen molar-refractivity contribution in [3.05, 3.63) is 52.8 Å². The second kappa shape index (κ2) is 6.17. The summed E-state index contributed by atoms with van der Waals surface area (Å²) >= 11 is 6.00. The number of benzene rings is 1. The van der Waals surface area contributed by atoms with Gasteiger partial charge in [-0.15, -0.1) is 0 Å². The number of hydrogen-bond donors (Lipinski definition) is 1. The second-order valence-electron chi connectivity index (χ2n) is 4.47. The molecule has 0 fully saturated rings. The average Bonchev–Trinajstić information content (AvgIpc) is 2.82. The van der Waals surface area contributed by atoms with Crippen LogP contribution in [-0.2, 0) is 13.0 Å². The summed E-state index contributed by atoms with van der Waals surface area (Å²) in [4.78, 5) is 4.04. The van der Waals surface area contributed by atoms with Crippen LogP contribution >= 0.6 is 11.6 Å².